The van der Waals surface area contributed by atoms with Gasteiger partial charge in [0.15, 0.2) is 5.65 Å². The average Bonchev–Trinajstić information content (AvgIpc) is 3.22. The lowest BCUT2D eigenvalue weighted by molar-refractivity contribution is -0.134. The minimum Gasteiger partial charge on any atom is -0.445 e. The Labute approximate surface area is 192 Å². The first-order chi connectivity index (χ1) is 15.9. The van der Waals surface area contributed by atoms with Crippen molar-refractivity contribution in [1.29, 1.82) is 0 Å². The van der Waals surface area contributed by atoms with Crippen LogP contribution in [0.1, 0.15) is 19.4 Å². The molecule has 10 nitrogen and oxygen atoms in total. The highest BCUT2D eigenvalue weighted by Gasteiger charge is 2.31. The average molecular weight is 452 g/mol. The number of hydrogen-bond acceptors (Lipinski definition) is 7. The molecule has 33 heavy (non-hydrogen) atoms. The van der Waals surface area contributed by atoms with Crippen LogP contribution in [0.2, 0.25) is 0 Å². The van der Waals surface area contributed by atoms with E-state index >= 15 is 0 Å². The Morgan fingerprint density at radius 3 is 2.52 bits per heavy atom. The molecule has 0 bridgehead atoms. The zero-order chi connectivity index (χ0) is 23.4. The molecule has 0 aliphatic carbocycles. The molecule has 1 aliphatic rings. The van der Waals surface area contributed by atoms with E-state index in [4.69, 9.17) is 4.74 Å². The normalized spacial score (nSPS) is 15.0. The number of fused-ring (bicyclic) bond motifs is 1. The number of carbonyl (C=O) groups excluding carboxylic acids is 2. The van der Waals surface area contributed by atoms with Crippen molar-refractivity contribution in [1.82, 2.24) is 30.0 Å². The number of benzene rings is 1. The van der Waals surface area contributed by atoms with E-state index in [1.807, 2.05) is 51.2 Å². The molecule has 1 aromatic carbocycles. The maximum atomic E-state index is 13.2. The highest BCUT2D eigenvalue weighted by Crippen LogP contribution is 2.23. The van der Waals surface area contributed by atoms with E-state index in [-0.39, 0.29) is 18.4 Å². The minimum atomic E-state index is -0.649. The van der Waals surface area contributed by atoms with Crippen molar-refractivity contribution < 1.29 is 14.3 Å². The third-order valence-corrected chi connectivity index (χ3v) is 5.82. The standard InChI is InChI=1S/C23H29N7O3/c1-16(2)19(27-23(32)33-14-17-7-5-4-6-8-17)22(31)30-11-9-29(10-12-30)21-18-13-26-28(3)20(18)24-15-25-21/h4-8,13,15-16,19H,9-12,14H2,1-3H3,(H,27,32). The van der Waals surface area contributed by atoms with Gasteiger partial charge in [-0.25, -0.2) is 14.8 Å². The molecular formula is C23H29N7O3. The van der Waals surface area contributed by atoms with E-state index in [2.05, 4.69) is 25.3 Å². The summed E-state index contributed by atoms with van der Waals surface area (Å²) in [5, 5.41) is 7.92. The summed E-state index contributed by atoms with van der Waals surface area (Å²) in [6.45, 7) is 6.33. The van der Waals surface area contributed by atoms with Crippen LogP contribution in [0, 0.1) is 5.92 Å². The van der Waals surface area contributed by atoms with Crippen molar-refractivity contribution in [3.8, 4) is 0 Å². The minimum absolute atomic E-state index is 0.0725. The van der Waals surface area contributed by atoms with Gasteiger partial charge in [0.1, 0.15) is 24.8 Å². The number of ether oxygens (including phenoxy) is 1. The Bertz CT molecular complexity index is 1110. The third kappa shape index (κ3) is 5.05. The van der Waals surface area contributed by atoms with E-state index in [1.165, 1.54) is 6.33 Å². The summed E-state index contributed by atoms with van der Waals surface area (Å²) in [4.78, 5) is 38.2. The lowest BCUT2D eigenvalue weighted by Crippen LogP contribution is -2.56. The molecule has 1 unspecified atom stereocenters. The quantitative estimate of drug-likeness (QED) is 0.611. The molecule has 0 spiro atoms. The Kier molecular flexibility index (Phi) is 6.71. The Morgan fingerprint density at radius 2 is 1.82 bits per heavy atom. The number of alkyl carbamates (subject to hydrolysis) is 1. The van der Waals surface area contributed by atoms with Gasteiger partial charge in [0.25, 0.3) is 0 Å². The van der Waals surface area contributed by atoms with Crippen LogP contribution in [0.3, 0.4) is 0 Å². The first-order valence-electron chi connectivity index (χ1n) is 11.1. The van der Waals surface area contributed by atoms with Crippen molar-refractivity contribution in [2.75, 3.05) is 31.1 Å². The Balaban J connectivity index is 1.35. The van der Waals surface area contributed by atoms with Crippen LogP contribution in [0.25, 0.3) is 11.0 Å². The first kappa shape index (κ1) is 22.5. The van der Waals surface area contributed by atoms with Crippen molar-refractivity contribution in [3.63, 3.8) is 0 Å². The fourth-order valence-corrected chi connectivity index (χ4v) is 3.94. The smallest absolute Gasteiger partial charge is 0.408 e. The number of nitrogens with one attached hydrogen (secondary N) is 1. The predicted molar refractivity (Wildman–Crippen MR) is 123 cm³/mol. The Morgan fingerprint density at radius 1 is 1.09 bits per heavy atom. The zero-order valence-electron chi connectivity index (χ0n) is 19.1. The Hall–Kier alpha value is -3.69. The molecule has 2 amide bonds. The zero-order valence-corrected chi connectivity index (χ0v) is 19.1. The molecule has 1 N–H and O–H groups in total. The van der Waals surface area contributed by atoms with Crippen molar-refractivity contribution in [2.45, 2.75) is 26.5 Å². The summed E-state index contributed by atoms with van der Waals surface area (Å²) in [7, 11) is 1.85. The van der Waals surface area contributed by atoms with Gasteiger partial charge in [-0.1, -0.05) is 44.2 Å². The number of rotatable bonds is 6. The van der Waals surface area contributed by atoms with Gasteiger partial charge in [-0.2, -0.15) is 5.10 Å². The molecule has 174 valence electrons. The number of piperazine rings is 1. The van der Waals surface area contributed by atoms with E-state index < -0.39 is 12.1 Å². The SMILES string of the molecule is CC(C)C(NC(=O)OCc1ccccc1)C(=O)N1CCN(c2ncnc3c2cnn3C)CC1. The topological polar surface area (TPSA) is 105 Å². The number of aromatic nitrogens is 4. The fourth-order valence-electron chi connectivity index (χ4n) is 3.94. The van der Waals surface area contributed by atoms with E-state index in [9.17, 15) is 9.59 Å². The van der Waals surface area contributed by atoms with Crippen LogP contribution < -0.4 is 10.2 Å². The van der Waals surface area contributed by atoms with E-state index in [0.29, 0.717) is 26.2 Å². The predicted octanol–water partition coefficient (Wildman–Crippen LogP) is 1.96. The lowest BCUT2D eigenvalue weighted by atomic mass is 10.0. The van der Waals surface area contributed by atoms with Gasteiger partial charge in [0.05, 0.1) is 11.6 Å². The molecule has 2 aromatic heterocycles. The monoisotopic (exact) mass is 451 g/mol. The van der Waals surface area contributed by atoms with Gasteiger partial charge < -0.3 is 19.9 Å². The molecule has 3 heterocycles. The molecule has 1 fully saturated rings. The first-order valence-corrected chi connectivity index (χ1v) is 11.1. The summed E-state index contributed by atoms with van der Waals surface area (Å²) >= 11 is 0. The molecule has 3 aromatic rings. The van der Waals surface area contributed by atoms with E-state index in [1.54, 1.807) is 15.8 Å². The molecule has 0 radical (unpaired) electrons. The highest BCUT2D eigenvalue weighted by molar-refractivity contribution is 5.88. The summed E-state index contributed by atoms with van der Waals surface area (Å²) < 4.78 is 7.03. The molecule has 1 saturated heterocycles. The number of amides is 2. The van der Waals surface area contributed by atoms with Gasteiger partial charge in [0, 0.05) is 33.2 Å². The molecule has 10 heteroatoms. The van der Waals surface area contributed by atoms with Crippen LogP contribution in [0.5, 0.6) is 0 Å². The number of hydrogen-bond donors (Lipinski definition) is 1. The second kappa shape index (κ2) is 9.85. The van der Waals surface area contributed by atoms with Crippen LogP contribution in [-0.2, 0) is 23.2 Å². The number of aryl methyl sites for hydroxylation is 1. The fraction of sp³-hybridized carbons (Fsp3) is 0.435. The van der Waals surface area contributed by atoms with Crippen LogP contribution in [0.4, 0.5) is 10.6 Å². The van der Waals surface area contributed by atoms with Crippen molar-refractivity contribution in [2.24, 2.45) is 13.0 Å². The summed E-state index contributed by atoms with van der Waals surface area (Å²) in [6, 6.07) is 8.79. The van der Waals surface area contributed by atoms with Gasteiger partial charge in [0.2, 0.25) is 5.91 Å². The molecular weight excluding hydrogens is 422 g/mol. The molecule has 1 aliphatic heterocycles. The maximum Gasteiger partial charge on any atom is 0.408 e. The van der Waals surface area contributed by atoms with Crippen molar-refractivity contribution in [3.05, 3.63) is 48.4 Å². The van der Waals surface area contributed by atoms with Crippen molar-refractivity contribution >= 4 is 28.9 Å². The summed E-state index contributed by atoms with van der Waals surface area (Å²) in [6.07, 6.45) is 2.71. The van der Waals surface area contributed by atoms with Gasteiger partial charge in [-0.05, 0) is 11.5 Å². The van der Waals surface area contributed by atoms with Gasteiger partial charge in [-0.3, -0.25) is 9.48 Å². The number of anilines is 1. The highest BCUT2D eigenvalue weighted by atomic mass is 16.5. The van der Waals surface area contributed by atoms with Crippen LogP contribution >= 0.6 is 0 Å². The summed E-state index contributed by atoms with van der Waals surface area (Å²) in [5.74, 6) is 0.649. The number of nitrogens with zero attached hydrogens (tertiary/aromatic N) is 6. The second-order valence-corrected chi connectivity index (χ2v) is 8.44. The molecule has 1 atom stereocenters. The van der Waals surface area contributed by atoms with Crippen LogP contribution in [0.15, 0.2) is 42.9 Å². The van der Waals surface area contributed by atoms with Gasteiger partial charge in [-0.15, -0.1) is 0 Å². The number of carbonyl (C=O) groups is 2. The molecule has 0 saturated carbocycles. The second-order valence-electron chi connectivity index (χ2n) is 8.44. The lowest BCUT2D eigenvalue weighted by Gasteiger charge is -2.37. The maximum absolute atomic E-state index is 13.2. The van der Waals surface area contributed by atoms with Gasteiger partial charge >= 0.3 is 6.09 Å². The largest absolute Gasteiger partial charge is 0.445 e. The molecule has 4 rings (SSSR count). The van der Waals surface area contributed by atoms with E-state index in [0.717, 1.165) is 22.4 Å². The third-order valence-electron chi connectivity index (χ3n) is 5.82. The van der Waals surface area contributed by atoms with Crippen LogP contribution in [-0.4, -0.2) is 68.9 Å². The summed E-state index contributed by atoms with van der Waals surface area (Å²) in [5.41, 5.74) is 1.67.